The molecule has 0 aliphatic carbocycles. The molecule has 1 saturated heterocycles. The lowest BCUT2D eigenvalue weighted by Gasteiger charge is -2.34. The highest BCUT2D eigenvalue weighted by Gasteiger charge is 2.24. The molecule has 2 aromatic carbocycles. The van der Waals surface area contributed by atoms with Crippen LogP contribution >= 0.6 is 11.3 Å². The van der Waals surface area contributed by atoms with E-state index in [1.54, 1.807) is 28.4 Å². The highest BCUT2D eigenvalue weighted by molar-refractivity contribution is 7.22. The normalized spacial score (nSPS) is 14.5. The van der Waals surface area contributed by atoms with Gasteiger partial charge in [0, 0.05) is 26.2 Å². The molecule has 4 rings (SSSR count). The molecule has 3 aromatic rings. The predicted octanol–water partition coefficient (Wildman–Crippen LogP) is 3.78. The molecule has 7 heteroatoms. The molecule has 0 unspecified atom stereocenters. The minimum Gasteiger partial charge on any atom is -0.481 e. The van der Waals surface area contributed by atoms with Crippen LogP contribution < -0.4 is 9.64 Å². The maximum atomic E-state index is 13.6. The monoisotopic (exact) mass is 399 g/mol. The molecule has 0 saturated carbocycles. The van der Waals surface area contributed by atoms with Gasteiger partial charge in [0.05, 0.1) is 10.2 Å². The lowest BCUT2D eigenvalue weighted by molar-refractivity contribution is -0.133. The summed E-state index contributed by atoms with van der Waals surface area (Å²) in [6.07, 6.45) is 0. The fraction of sp³-hybridized carbons (Fsp3) is 0.333. The summed E-state index contributed by atoms with van der Waals surface area (Å²) in [6.45, 7) is 6.71. The Kier molecular flexibility index (Phi) is 5.17. The third kappa shape index (κ3) is 3.67. The van der Waals surface area contributed by atoms with Crippen LogP contribution in [0.3, 0.4) is 0 Å². The zero-order chi connectivity index (χ0) is 19.7. The molecule has 1 fully saturated rings. The zero-order valence-electron chi connectivity index (χ0n) is 15.9. The second-order valence-electron chi connectivity index (χ2n) is 6.94. The van der Waals surface area contributed by atoms with Gasteiger partial charge in [0.15, 0.2) is 23.3 Å². The van der Waals surface area contributed by atoms with Gasteiger partial charge in [-0.15, -0.1) is 0 Å². The number of carbonyl (C=O) groups excluding carboxylic acids is 1. The summed E-state index contributed by atoms with van der Waals surface area (Å²) in [4.78, 5) is 21.2. The Balaban J connectivity index is 1.36. The molecule has 0 bridgehead atoms. The van der Waals surface area contributed by atoms with Crippen LogP contribution in [-0.2, 0) is 4.79 Å². The number of thiazole rings is 1. The van der Waals surface area contributed by atoms with E-state index in [1.807, 2.05) is 0 Å². The summed E-state index contributed by atoms with van der Waals surface area (Å²) < 4.78 is 20.1. The van der Waals surface area contributed by atoms with Crippen LogP contribution in [0.2, 0.25) is 0 Å². The summed E-state index contributed by atoms with van der Waals surface area (Å²) >= 11 is 1.69. The van der Waals surface area contributed by atoms with Crippen LogP contribution in [0.4, 0.5) is 9.52 Å². The number of halogens is 1. The molecular weight excluding hydrogens is 377 g/mol. The van der Waals surface area contributed by atoms with E-state index < -0.39 is 5.82 Å². The number of ether oxygens (including phenoxy) is 1. The van der Waals surface area contributed by atoms with Crippen molar-refractivity contribution in [3.8, 4) is 5.75 Å². The van der Waals surface area contributed by atoms with Crippen LogP contribution in [0.15, 0.2) is 36.4 Å². The largest absolute Gasteiger partial charge is 0.481 e. The molecule has 0 spiro atoms. The summed E-state index contributed by atoms with van der Waals surface area (Å²) in [5.41, 5.74) is 3.53. The summed E-state index contributed by atoms with van der Waals surface area (Å²) in [7, 11) is 0. The number of benzene rings is 2. The number of rotatable bonds is 4. The van der Waals surface area contributed by atoms with Crippen molar-refractivity contribution in [2.75, 3.05) is 37.7 Å². The molecule has 146 valence electrons. The Morgan fingerprint density at radius 1 is 1.14 bits per heavy atom. The van der Waals surface area contributed by atoms with Gasteiger partial charge in [-0.1, -0.05) is 29.5 Å². The van der Waals surface area contributed by atoms with Crippen LogP contribution in [0, 0.1) is 19.7 Å². The number of aromatic nitrogens is 1. The van der Waals surface area contributed by atoms with Crippen molar-refractivity contribution in [1.82, 2.24) is 9.88 Å². The molecule has 1 amide bonds. The first kappa shape index (κ1) is 18.7. The second-order valence-corrected chi connectivity index (χ2v) is 7.95. The maximum Gasteiger partial charge on any atom is 0.260 e. The van der Waals surface area contributed by atoms with E-state index in [0.29, 0.717) is 13.1 Å². The van der Waals surface area contributed by atoms with Crippen LogP contribution in [0.5, 0.6) is 5.75 Å². The lowest BCUT2D eigenvalue weighted by Crippen LogP contribution is -2.50. The van der Waals surface area contributed by atoms with Gasteiger partial charge >= 0.3 is 0 Å². The number of hydrogen-bond acceptors (Lipinski definition) is 5. The molecule has 0 atom stereocenters. The van der Waals surface area contributed by atoms with Gasteiger partial charge in [0.2, 0.25) is 0 Å². The van der Waals surface area contributed by atoms with Crippen molar-refractivity contribution in [3.05, 3.63) is 53.3 Å². The van der Waals surface area contributed by atoms with Crippen molar-refractivity contribution in [1.29, 1.82) is 0 Å². The maximum absolute atomic E-state index is 13.6. The Labute approximate surface area is 167 Å². The summed E-state index contributed by atoms with van der Waals surface area (Å²) in [5.74, 6) is -0.477. The van der Waals surface area contributed by atoms with Crippen molar-refractivity contribution in [2.45, 2.75) is 13.8 Å². The van der Waals surface area contributed by atoms with Gasteiger partial charge in [-0.2, -0.15) is 0 Å². The molecule has 1 aromatic heterocycles. The number of anilines is 1. The van der Waals surface area contributed by atoms with Crippen LogP contribution in [0.25, 0.3) is 10.2 Å². The average Bonchev–Trinajstić information content (AvgIpc) is 3.15. The summed E-state index contributed by atoms with van der Waals surface area (Å²) in [5, 5.41) is 0.999. The third-order valence-corrected chi connectivity index (χ3v) is 6.25. The number of aryl methyl sites for hydroxylation is 2. The average molecular weight is 399 g/mol. The van der Waals surface area contributed by atoms with Gasteiger partial charge in [-0.25, -0.2) is 9.37 Å². The number of para-hydroxylation sites is 1. The van der Waals surface area contributed by atoms with Gasteiger partial charge in [0.1, 0.15) is 0 Å². The van der Waals surface area contributed by atoms with Crippen molar-refractivity contribution in [3.63, 3.8) is 0 Å². The van der Waals surface area contributed by atoms with Gasteiger partial charge < -0.3 is 14.5 Å². The standard InChI is InChI=1S/C21H22FN3O2S/c1-14-7-8-18-20(15(14)2)23-21(28-18)25-11-9-24(10-12-25)19(26)13-27-17-6-4-3-5-16(17)22/h3-8H,9-13H2,1-2H3. The van der Waals surface area contributed by atoms with E-state index in [1.165, 1.54) is 28.0 Å². The van der Waals surface area contributed by atoms with E-state index >= 15 is 0 Å². The minimum absolute atomic E-state index is 0.106. The first-order valence-corrected chi connectivity index (χ1v) is 10.1. The number of carbonyl (C=O) groups is 1. The highest BCUT2D eigenvalue weighted by Crippen LogP contribution is 2.32. The van der Waals surface area contributed by atoms with Gasteiger partial charge in [0.25, 0.3) is 5.91 Å². The van der Waals surface area contributed by atoms with Gasteiger partial charge in [-0.05, 0) is 43.2 Å². The van der Waals surface area contributed by atoms with E-state index in [2.05, 4.69) is 30.9 Å². The van der Waals surface area contributed by atoms with Crippen LogP contribution in [0.1, 0.15) is 11.1 Å². The van der Waals surface area contributed by atoms with Gasteiger partial charge in [-0.3, -0.25) is 4.79 Å². The fourth-order valence-electron chi connectivity index (χ4n) is 3.29. The van der Waals surface area contributed by atoms with E-state index in [-0.39, 0.29) is 18.3 Å². The SMILES string of the molecule is Cc1ccc2sc(N3CCN(C(=O)COc4ccccc4F)CC3)nc2c1C. The molecule has 1 aliphatic rings. The lowest BCUT2D eigenvalue weighted by atomic mass is 10.1. The molecule has 1 aliphatic heterocycles. The number of piperazine rings is 1. The molecule has 5 nitrogen and oxygen atoms in total. The Morgan fingerprint density at radius 2 is 1.89 bits per heavy atom. The molecule has 0 N–H and O–H groups in total. The van der Waals surface area contributed by atoms with E-state index in [4.69, 9.17) is 9.72 Å². The van der Waals surface area contributed by atoms with Crippen molar-refractivity contribution < 1.29 is 13.9 Å². The Morgan fingerprint density at radius 3 is 2.64 bits per heavy atom. The quantitative estimate of drug-likeness (QED) is 0.670. The molecule has 28 heavy (non-hydrogen) atoms. The topological polar surface area (TPSA) is 45.7 Å². The van der Waals surface area contributed by atoms with E-state index in [0.717, 1.165) is 23.7 Å². The highest BCUT2D eigenvalue weighted by atomic mass is 32.1. The second kappa shape index (κ2) is 7.75. The smallest absolute Gasteiger partial charge is 0.260 e. The van der Waals surface area contributed by atoms with Crippen LogP contribution in [-0.4, -0.2) is 48.6 Å². The zero-order valence-corrected chi connectivity index (χ0v) is 16.8. The molecular formula is C21H22FN3O2S. The fourth-order valence-corrected chi connectivity index (χ4v) is 4.37. The number of amides is 1. The summed E-state index contributed by atoms with van der Waals surface area (Å²) in [6, 6.07) is 10.4. The third-order valence-electron chi connectivity index (χ3n) is 5.16. The number of fused-ring (bicyclic) bond motifs is 1. The molecule has 0 radical (unpaired) electrons. The number of nitrogens with zero attached hydrogens (tertiary/aromatic N) is 3. The Bertz CT molecular complexity index is 1010. The number of hydrogen-bond donors (Lipinski definition) is 0. The van der Waals surface area contributed by atoms with E-state index in [9.17, 15) is 9.18 Å². The van der Waals surface area contributed by atoms with Crippen molar-refractivity contribution in [2.24, 2.45) is 0 Å². The first-order valence-electron chi connectivity index (χ1n) is 9.30. The van der Waals surface area contributed by atoms with Crippen molar-refractivity contribution >= 4 is 32.6 Å². The molecule has 2 heterocycles. The Hall–Kier alpha value is -2.67. The minimum atomic E-state index is -0.457. The predicted molar refractivity (Wildman–Crippen MR) is 110 cm³/mol. The first-order chi connectivity index (χ1) is 13.5.